The number of hydrogen-bond donors (Lipinski definition) is 1. The van der Waals surface area contributed by atoms with E-state index in [4.69, 9.17) is 10.5 Å². The van der Waals surface area contributed by atoms with E-state index < -0.39 is 17.3 Å². The monoisotopic (exact) mass is 275 g/mol. The van der Waals surface area contributed by atoms with Gasteiger partial charge in [-0.1, -0.05) is 19.1 Å². The highest BCUT2D eigenvalue weighted by molar-refractivity contribution is 5.25. The molecule has 0 amide bonds. The van der Waals surface area contributed by atoms with Crippen molar-refractivity contribution < 1.29 is 17.9 Å². The molecule has 0 aromatic heterocycles. The summed E-state index contributed by atoms with van der Waals surface area (Å²) in [4.78, 5) is 0. The first-order valence-corrected chi connectivity index (χ1v) is 6.20. The molecular weight excluding hydrogens is 255 g/mol. The van der Waals surface area contributed by atoms with Crippen molar-refractivity contribution in [2.45, 2.75) is 44.5 Å². The van der Waals surface area contributed by atoms with Crippen LogP contribution in [-0.4, -0.2) is 18.8 Å². The second kappa shape index (κ2) is 5.92. The number of alkyl halides is 3. The first-order valence-electron chi connectivity index (χ1n) is 6.20. The SMILES string of the molecule is CCC(C)(OC)C(N)Cc1ccc(C(F)(F)F)cc1. The Morgan fingerprint density at radius 1 is 1.21 bits per heavy atom. The Morgan fingerprint density at radius 3 is 2.11 bits per heavy atom. The van der Waals surface area contributed by atoms with Crippen LogP contribution in [0.4, 0.5) is 13.2 Å². The molecule has 2 N–H and O–H groups in total. The summed E-state index contributed by atoms with van der Waals surface area (Å²) in [6, 6.07) is 4.83. The first kappa shape index (κ1) is 16.0. The van der Waals surface area contributed by atoms with Gasteiger partial charge in [-0.3, -0.25) is 0 Å². The summed E-state index contributed by atoms with van der Waals surface area (Å²) in [5.74, 6) is 0. The van der Waals surface area contributed by atoms with Gasteiger partial charge in [0.25, 0.3) is 0 Å². The van der Waals surface area contributed by atoms with Crippen molar-refractivity contribution >= 4 is 0 Å². The van der Waals surface area contributed by atoms with E-state index in [1.54, 1.807) is 7.11 Å². The van der Waals surface area contributed by atoms with Crippen LogP contribution in [0.1, 0.15) is 31.4 Å². The minimum Gasteiger partial charge on any atom is -0.377 e. The zero-order valence-corrected chi connectivity index (χ0v) is 11.4. The largest absolute Gasteiger partial charge is 0.416 e. The number of rotatable bonds is 5. The summed E-state index contributed by atoms with van der Waals surface area (Å²) >= 11 is 0. The van der Waals surface area contributed by atoms with Crippen molar-refractivity contribution in [3.05, 3.63) is 35.4 Å². The molecule has 2 nitrogen and oxygen atoms in total. The smallest absolute Gasteiger partial charge is 0.377 e. The van der Waals surface area contributed by atoms with Gasteiger partial charge < -0.3 is 10.5 Å². The Balaban J connectivity index is 2.78. The van der Waals surface area contributed by atoms with Gasteiger partial charge in [-0.15, -0.1) is 0 Å². The van der Waals surface area contributed by atoms with Gasteiger partial charge in [0, 0.05) is 13.2 Å². The number of hydrogen-bond acceptors (Lipinski definition) is 2. The summed E-state index contributed by atoms with van der Waals surface area (Å²) in [5, 5.41) is 0. The zero-order chi connectivity index (χ0) is 14.7. The van der Waals surface area contributed by atoms with E-state index in [1.807, 2.05) is 13.8 Å². The summed E-state index contributed by atoms with van der Waals surface area (Å²) in [5.41, 5.74) is 5.74. The molecule has 0 aliphatic carbocycles. The number of methoxy groups -OCH3 is 1. The quantitative estimate of drug-likeness (QED) is 0.894. The fourth-order valence-electron chi connectivity index (χ4n) is 1.86. The molecule has 5 heteroatoms. The number of nitrogens with two attached hydrogens (primary N) is 1. The molecule has 0 radical (unpaired) electrons. The molecule has 0 fully saturated rings. The van der Waals surface area contributed by atoms with Crippen molar-refractivity contribution in [3.8, 4) is 0 Å². The summed E-state index contributed by atoms with van der Waals surface area (Å²) in [6.07, 6.45) is -3.08. The molecule has 1 aromatic rings. The van der Waals surface area contributed by atoms with Crippen molar-refractivity contribution in [2.24, 2.45) is 5.73 Å². The van der Waals surface area contributed by atoms with E-state index in [0.29, 0.717) is 6.42 Å². The number of halogens is 3. The van der Waals surface area contributed by atoms with Crippen LogP contribution in [0, 0.1) is 0 Å². The molecule has 1 aromatic carbocycles. The van der Waals surface area contributed by atoms with Crippen LogP contribution < -0.4 is 5.73 Å². The Hall–Kier alpha value is -1.07. The van der Waals surface area contributed by atoms with E-state index in [2.05, 4.69) is 0 Å². The molecule has 0 aliphatic rings. The minimum absolute atomic E-state index is 0.265. The number of benzene rings is 1. The fraction of sp³-hybridized carbons (Fsp3) is 0.571. The van der Waals surface area contributed by atoms with Gasteiger partial charge in [-0.05, 0) is 37.5 Å². The van der Waals surface area contributed by atoms with Crippen LogP contribution >= 0.6 is 0 Å². The van der Waals surface area contributed by atoms with E-state index in [-0.39, 0.29) is 6.04 Å². The van der Waals surface area contributed by atoms with Gasteiger partial charge >= 0.3 is 6.18 Å². The topological polar surface area (TPSA) is 35.2 Å². The summed E-state index contributed by atoms with van der Waals surface area (Å²) in [6.45, 7) is 3.87. The Bertz CT molecular complexity index is 396. The van der Waals surface area contributed by atoms with E-state index in [1.165, 1.54) is 12.1 Å². The molecule has 0 aliphatic heterocycles. The lowest BCUT2D eigenvalue weighted by molar-refractivity contribution is -0.137. The van der Waals surface area contributed by atoms with Crippen LogP contribution in [0.3, 0.4) is 0 Å². The molecule has 1 rings (SSSR count). The van der Waals surface area contributed by atoms with Crippen LogP contribution in [0.2, 0.25) is 0 Å². The molecule has 2 atom stereocenters. The highest BCUT2D eigenvalue weighted by Crippen LogP contribution is 2.29. The molecule has 0 saturated heterocycles. The number of ether oxygens (including phenoxy) is 1. The molecule has 0 spiro atoms. The highest BCUT2D eigenvalue weighted by Gasteiger charge is 2.31. The van der Waals surface area contributed by atoms with Crippen LogP contribution in [0.5, 0.6) is 0 Å². The van der Waals surface area contributed by atoms with Crippen molar-refractivity contribution in [1.29, 1.82) is 0 Å². The predicted octanol–water partition coefficient (Wildman–Crippen LogP) is 3.39. The Morgan fingerprint density at radius 2 is 1.74 bits per heavy atom. The average Bonchev–Trinajstić information content (AvgIpc) is 2.37. The van der Waals surface area contributed by atoms with Gasteiger partial charge in [0.2, 0.25) is 0 Å². The van der Waals surface area contributed by atoms with Gasteiger partial charge in [-0.25, -0.2) is 0 Å². The van der Waals surface area contributed by atoms with Crippen molar-refractivity contribution in [2.75, 3.05) is 7.11 Å². The van der Waals surface area contributed by atoms with Crippen molar-refractivity contribution in [3.63, 3.8) is 0 Å². The standard InChI is InChI=1S/C14H20F3NO/c1-4-13(2,19-3)12(18)9-10-5-7-11(8-6-10)14(15,16)17/h5-8,12H,4,9,18H2,1-3H3. The summed E-state index contributed by atoms with van der Waals surface area (Å²) < 4.78 is 42.7. The van der Waals surface area contributed by atoms with Gasteiger partial charge in [-0.2, -0.15) is 13.2 Å². The minimum atomic E-state index is -4.30. The van der Waals surface area contributed by atoms with Gasteiger partial charge in [0.15, 0.2) is 0 Å². The van der Waals surface area contributed by atoms with E-state index in [9.17, 15) is 13.2 Å². The Kier molecular flexibility index (Phi) is 4.98. The third-order valence-corrected chi connectivity index (χ3v) is 3.69. The lowest BCUT2D eigenvalue weighted by Gasteiger charge is -2.33. The lowest BCUT2D eigenvalue weighted by Crippen LogP contribution is -2.48. The molecule has 108 valence electrons. The fourth-order valence-corrected chi connectivity index (χ4v) is 1.86. The van der Waals surface area contributed by atoms with Gasteiger partial charge in [0.1, 0.15) is 0 Å². The average molecular weight is 275 g/mol. The normalized spacial score (nSPS) is 17.0. The maximum absolute atomic E-state index is 12.4. The molecule has 19 heavy (non-hydrogen) atoms. The lowest BCUT2D eigenvalue weighted by atomic mass is 9.89. The molecule has 2 unspecified atom stereocenters. The maximum atomic E-state index is 12.4. The predicted molar refractivity (Wildman–Crippen MR) is 68.8 cm³/mol. The molecule has 0 saturated carbocycles. The molecule has 0 bridgehead atoms. The second-order valence-electron chi connectivity index (χ2n) is 4.88. The third kappa shape index (κ3) is 3.94. The maximum Gasteiger partial charge on any atom is 0.416 e. The van der Waals surface area contributed by atoms with Crippen LogP contribution in [0.15, 0.2) is 24.3 Å². The highest BCUT2D eigenvalue weighted by atomic mass is 19.4. The Labute approximate surface area is 111 Å². The summed E-state index contributed by atoms with van der Waals surface area (Å²) in [7, 11) is 1.59. The van der Waals surface area contributed by atoms with E-state index in [0.717, 1.165) is 24.1 Å². The van der Waals surface area contributed by atoms with E-state index >= 15 is 0 Å². The zero-order valence-electron chi connectivity index (χ0n) is 11.4. The second-order valence-corrected chi connectivity index (χ2v) is 4.88. The molecular formula is C14H20F3NO. The van der Waals surface area contributed by atoms with Crippen molar-refractivity contribution in [1.82, 2.24) is 0 Å². The molecule has 0 heterocycles. The third-order valence-electron chi connectivity index (χ3n) is 3.69. The first-order chi connectivity index (χ1) is 8.73. The van der Waals surface area contributed by atoms with Crippen LogP contribution in [-0.2, 0) is 17.3 Å². The van der Waals surface area contributed by atoms with Gasteiger partial charge in [0.05, 0.1) is 11.2 Å². The van der Waals surface area contributed by atoms with Crippen LogP contribution in [0.25, 0.3) is 0 Å².